The number of alkyl halides is 6. The molecule has 1 unspecified atom stereocenters. The first-order valence-corrected chi connectivity index (χ1v) is 8.60. The van der Waals surface area contributed by atoms with E-state index in [2.05, 4.69) is 4.18 Å². The Kier molecular flexibility index (Phi) is 5.04. The van der Waals surface area contributed by atoms with Crippen LogP contribution in [0.1, 0.15) is 18.4 Å². The third-order valence-electron chi connectivity index (χ3n) is 3.56. The van der Waals surface area contributed by atoms with Crippen LogP contribution in [0.3, 0.4) is 0 Å². The molecule has 1 aromatic rings. The molecule has 3 nitrogen and oxygen atoms in total. The molecule has 2 rings (SSSR count). The predicted octanol–water partition coefficient (Wildman–Crippen LogP) is 5.34. The second kappa shape index (κ2) is 6.24. The van der Waals surface area contributed by atoms with E-state index in [0.29, 0.717) is 6.08 Å². The Bertz CT molecular complexity index is 796. The Morgan fingerprint density at radius 3 is 1.96 bits per heavy atom. The summed E-state index contributed by atoms with van der Waals surface area (Å²) in [5, 5.41) is -0.228. The lowest BCUT2D eigenvalue weighted by molar-refractivity contribution is -0.175. The summed E-state index contributed by atoms with van der Waals surface area (Å²) in [7, 11) is -6.06. The highest BCUT2D eigenvalue weighted by atomic mass is 35.5. The molecule has 12 heteroatoms. The number of benzene rings is 1. The molecule has 25 heavy (non-hydrogen) atoms. The van der Waals surface area contributed by atoms with Crippen LogP contribution in [-0.2, 0) is 19.7 Å². The molecule has 0 N–H and O–H groups in total. The fourth-order valence-corrected chi connectivity index (χ4v) is 3.45. The van der Waals surface area contributed by atoms with Gasteiger partial charge in [-0.15, -0.1) is 0 Å². The fraction of sp³-hybridized carbons (Fsp3) is 0.385. The summed E-state index contributed by atoms with van der Waals surface area (Å²) in [6.07, 6.45) is -6.05. The van der Waals surface area contributed by atoms with Crippen LogP contribution < -0.4 is 0 Å². The standard InChI is InChI=1S/C13H8Cl2F6O3S/c14-8-3-7(4-9(15)5-8)11(12(16,17)18)2-1-10(6-11)24-25(22,23)13(19,20)21/h3-6H,1-2H2. The maximum atomic E-state index is 13.6. The van der Waals surface area contributed by atoms with Gasteiger partial charge in [0.25, 0.3) is 0 Å². The first-order valence-electron chi connectivity index (χ1n) is 6.44. The normalized spacial score (nSPS) is 22.0. The van der Waals surface area contributed by atoms with E-state index in [1.165, 1.54) is 6.07 Å². The summed E-state index contributed by atoms with van der Waals surface area (Å²) in [4.78, 5) is 0. The Hall–Kier alpha value is -1.13. The van der Waals surface area contributed by atoms with E-state index in [9.17, 15) is 34.8 Å². The van der Waals surface area contributed by atoms with Crippen molar-refractivity contribution in [1.82, 2.24) is 0 Å². The van der Waals surface area contributed by atoms with Crippen LogP contribution in [0.2, 0.25) is 10.0 Å². The van der Waals surface area contributed by atoms with Crippen molar-refractivity contribution in [2.45, 2.75) is 29.9 Å². The Balaban J connectivity index is 2.53. The first kappa shape index (κ1) is 20.2. The molecular formula is C13H8Cl2F6O3S. The largest absolute Gasteiger partial charge is 0.534 e. The average Bonchev–Trinajstić information content (AvgIpc) is 2.80. The average molecular weight is 429 g/mol. The minimum absolute atomic E-state index is 0.114. The van der Waals surface area contributed by atoms with Crippen molar-refractivity contribution in [2.24, 2.45) is 0 Å². The van der Waals surface area contributed by atoms with E-state index >= 15 is 0 Å². The van der Waals surface area contributed by atoms with E-state index in [0.717, 1.165) is 12.1 Å². The summed E-state index contributed by atoms with van der Waals surface area (Å²) >= 11 is 11.4. The maximum Gasteiger partial charge on any atom is 0.534 e. The molecule has 0 aliphatic heterocycles. The van der Waals surface area contributed by atoms with Crippen molar-refractivity contribution < 1.29 is 38.9 Å². The van der Waals surface area contributed by atoms with E-state index in [4.69, 9.17) is 23.2 Å². The molecule has 0 saturated heterocycles. The summed E-state index contributed by atoms with van der Waals surface area (Å²) in [5.41, 5.74) is -8.95. The number of hydrogen-bond donors (Lipinski definition) is 0. The van der Waals surface area contributed by atoms with Crippen molar-refractivity contribution >= 4 is 33.3 Å². The highest BCUT2D eigenvalue weighted by Crippen LogP contribution is 2.52. The number of halogens is 8. The molecule has 1 aromatic carbocycles. The monoisotopic (exact) mass is 428 g/mol. The molecular weight excluding hydrogens is 421 g/mol. The van der Waals surface area contributed by atoms with Gasteiger partial charge in [0.1, 0.15) is 11.2 Å². The Morgan fingerprint density at radius 1 is 1.00 bits per heavy atom. The van der Waals surface area contributed by atoms with Gasteiger partial charge in [-0.1, -0.05) is 23.2 Å². The SMILES string of the molecule is O=S(=O)(OC1=CC(c2cc(Cl)cc(Cl)c2)(C(F)(F)F)CC1)C(F)(F)F. The lowest BCUT2D eigenvalue weighted by Gasteiger charge is -2.30. The van der Waals surface area contributed by atoms with Gasteiger partial charge in [0.15, 0.2) is 0 Å². The van der Waals surface area contributed by atoms with Gasteiger partial charge >= 0.3 is 21.8 Å². The van der Waals surface area contributed by atoms with Gasteiger partial charge < -0.3 is 4.18 Å². The smallest absolute Gasteiger partial charge is 0.381 e. The second-order valence-electron chi connectivity index (χ2n) is 5.22. The van der Waals surface area contributed by atoms with Gasteiger partial charge in [-0.25, -0.2) is 0 Å². The van der Waals surface area contributed by atoms with Crippen molar-refractivity contribution in [3.05, 3.63) is 45.6 Å². The van der Waals surface area contributed by atoms with E-state index in [-0.39, 0.29) is 10.0 Å². The topological polar surface area (TPSA) is 43.4 Å². The second-order valence-corrected chi connectivity index (χ2v) is 7.63. The third kappa shape index (κ3) is 3.85. The van der Waals surface area contributed by atoms with Crippen LogP contribution in [0.5, 0.6) is 0 Å². The molecule has 1 aliphatic carbocycles. The maximum absolute atomic E-state index is 13.6. The Morgan fingerprint density at radius 2 is 1.52 bits per heavy atom. The van der Waals surface area contributed by atoms with Gasteiger partial charge in [0, 0.05) is 16.5 Å². The molecule has 0 heterocycles. The molecule has 140 valence electrons. The zero-order chi connectivity index (χ0) is 19.3. The lowest BCUT2D eigenvalue weighted by atomic mass is 9.79. The highest BCUT2D eigenvalue weighted by Gasteiger charge is 2.58. The molecule has 0 fully saturated rings. The molecule has 1 atom stereocenters. The van der Waals surface area contributed by atoms with Crippen LogP contribution in [0.25, 0.3) is 0 Å². The number of rotatable bonds is 3. The van der Waals surface area contributed by atoms with Gasteiger partial charge in [0.2, 0.25) is 0 Å². The van der Waals surface area contributed by atoms with E-state index in [1.54, 1.807) is 0 Å². The van der Waals surface area contributed by atoms with E-state index in [1.807, 2.05) is 0 Å². The molecule has 0 bridgehead atoms. The van der Waals surface area contributed by atoms with Crippen molar-refractivity contribution in [1.29, 1.82) is 0 Å². The summed E-state index contributed by atoms with van der Waals surface area (Å²) in [5.74, 6) is -0.953. The fourth-order valence-electron chi connectivity index (χ4n) is 2.42. The van der Waals surface area contributed by atoms with Crippen molar-refractivity contribution in [3.8, 4) is 0 Å². The van der Waals surface area contributed by atoms with Gasteiger partial charge in [0.05, 0.1) is 0 Å². The zero-order valence-corrected chi connectivity index (χ0v) is 14.2. The van der Waals surface area contributed by atoms with Gasteiger partial charge in [-0.2, -0.15) is 34.8 Å². The summed E-state index contributed by atoms with van der Waals surface area (Å²) < 4.78 is 104. The van der Waals surface area contributed by atoms with Gasteiger partial charge in [-0.3, -0.25) is 0 Å². The number of hydrogen-bond acceptors (Lipinski definition) is 3. The zero-order valence-electron chi connectivity index (χ0n) is 11.9. The lowest BCUT2D eigenvalue weighted by Crippen LogP contribution is -2.39. The molecule has 0 saturated carbocycles. The molecule has 0 amide bonds. The van der Waals surface area contributed by atoms with Crippen LogP contribution in [0.15, 0.2) is 30.0 Å². The first-order chi connectivity index (χ1) is 11.2. The Labute approximate surface area is 148 Å². The van der Waals surface area contributed by atoms with E-state index < -0.39 is 51.4 Å². The molecule has 0 radical (unpaired) electrons. The highest BCUT2D eigenvalue weighted by molar-refractivity contribution is 7.87. The van der Waals surface area contributed by atoms with Crippen molar-refractivity contribution in [2.75, 3.05) is 0 Å². The molecule has 1 aliphatic rings. The van der Waals surface area contributed by atoms with Crippen LogP contribution in [0, 0.1) is 0 Å². The molecule has 0 aromatic heterocycles. The van der Waals surface area contributed by atoms with Gasteiger partial charge in [-0.05, 0) is 36.3 Å². The third-order valence-corrected chi connectivity index (χ3v) is 4.99. The minimum atomic E-state index is -6.06. The van der Waals surface area contributed by atoms with Crippen LogP contribution >= 0.6 is 23.2 Å². The quantitative estimate of drug-likeness (QED) is 0.370. The molecule has 0 spiro atoms. The summed E-state index contributed by atoms with van der Waals surface area (Å²) in [6, 6.07) is 3.10. The van der Waals surface area contributed by atoms with Crippen LogP contribution in [0.4, 0.5) is 26.3 Å². The minimum Gasteiger partial charge on any atom is -0.381 e. The summed E-state index contributed by atoms with van der Waals surface area (Å²) in [6.45, 7) is 0. The predicted molar refractivity (Wildman–Crippen MR) is 77.6 cm³/mol. The van der Waals surface area contributed by atoms with Crippen molar-refractivity contribution in [3.63, 3.8) is 0 Å². The van der Waals surface area contributed by atoms with Crippen LogP contribution in [-0.4, -0.2) is 20.1 Å². The number of allylic oxidation sites excluding steroid dienone is 2.